The molecule has 1 rings (SSSR count). The summed E-state index contributed by atoms with van der Waals surface area (Å²) in [6.45, 7) is 0.433. The molecule has 1 aromatic rings. The zero-order valence-corrected chi connectivity index (χ0v) is 12.0. The van der Waals surface area contributed by atoms with Gasteiger partial charge in [0.15, 0.2) is 11.6 Å². The maximum Gasteiger partial charge on any atom is 0.303 e. The smallest absolute Gasteiger partial charge is 0.303 e. The maximum atomic E-state index is 13.8. The molecule has 5 nitrogen and oxygen atoms in total. The van der Waals surface area contributed by atoms with Crippen molar-refractivity contribution >= 4 is 11.9 Å². The van der Waals surface area contributed by atoms with Gasteiger partial charge < -0.3 is 15.2 Å². The van der Waals surface area contributed by atoms with E-state index in [-0.39, 0.29) is 17.7 Å². The molecule has 0 aliphatic carbocycles. The first-order valence-corrected chi connectivity index (χ1v) is 6.88. The molecule has 0 unspecified atom stereocenters. The summed E-state index contributed by atoms with van der Waals surface area (Å²) in [6, 6.07) is 4.41. The van der Waals surface area contributed by atoms with Crippen LogP contribution in [0.15, 0.2) is 18.2 Å². The molecule has 0 spiro atoms. The van der Waals surface area contributed by atoms with Crippen molar-refractivity contribution in [2.45, 2.75) is 32.1 Å². The Morgan fingerprint density at radius 1 is 1.24 bits per heavy atom. The van der Waals surface area contributed by atoms with Crippen molar-refractivity contribution in [3.05, 3.63) is 29.6 Å². The average molecular weight is 297 g/mol. The summed E-state index contributed by atoms with van der Waals surface area (Å²) in [7, 11) is 1.34. The summed E-state index contributed by atoms with van der Waals surface area (Å²) >= 11 is 0. The van der Waals surface area contributed by atoms with E-state index in [1.54, 1.807) is 6.07 Å². The van der Waals surface area contributed by atoms with Crippen LogP contribution in [0.1, 0.15) is 42.5 Å². The SMILES string of the molecule is COc1cccc(C(=O)NCCCCCCC(=O)O)c1F. The fraction of sp³-hybridized carbons (Fsp3) is 0.467. The second kappa shape index (κ2) is 8.94. The number of ether oxygens (including phenoxy) is 1. The first-order chi connectivity index (χ1) is 10.1. The Morgan fingerprint density at radius 2 is 1.95 bits per heavy atom. The van der Waals surface area contributed by atoms with Crippen LogP contribution in [0.2, 0.25) is 0 Å². The monoisotopic (exact) mass is 297 g/mol. The molecule has 0 radical (unpaired) electrons. The van der Waals surface area contributed by atoms with Crippen LogP contribution in [-0.4, -0.2) is 30.6 Å². The van der Waals surface area contributed by atoms with Gasteiger partial charge in [0, 0.05) is 13.0 Å². The molecule has 0 atom stereocenters. The molecule has 21 heavy (non-hydrogen) atoms. The minimum Gasteiger partial charge on any atom is -0.494 e. The Balaban J connectivity index is 2.30. The van der Waals surface area contributed by atoms with E-state index < -0.39 is 17.7 Å². The van der Waals surface area contributed by atoms with Gasteiger partial charge in [-0.3, -0.25) is 9.59 Å². The molecule has 1 aromatic carbocycles. The lowest BCUT2D eigenvalue weighted by Crippen LogP contribution is -2.25. The lowest BCUT2D eigenvalue weighted by molar-refractivity contribution is -0.137. The fourth-order valence-corrected chi connectivity index (χ4v) is 1.90. The second-order valence-electron chi connectivity index (χ2n) is 4.64. The summed E-state index contributed by atoms with van der Waals surface area (Å²) in [5, 5.41) is 11.1. The number of rotatable bonds is 9. The van der Waals surface area contributed by atoms with E-state index in [1.165, 1.54) is 19.2 Å². The van der Waals surface area contributed by atoms with E-state index in [0.29, 0.717) is 13.0 Å². The lowest BCUT2D eigenvalue weighted by atomic mass is 10.1. The van der Waals surface area contributed by atoms with Crippen LogP contribution in [0.3, 0.4) is 0 Å². The van der Waals surface area contributed by atoms with Crippen LogP contribution < -0.4 is 10.1 Å². The number of aliphatic carboxylic acids is 1. The molecular formula is C15H20FNO4. The molecule has 0 aliphatic heterocycles. The predicted molar refractivity (Wildman–Crippen MR) is 76.0 cm³/mol. The minimum atomic E-state index is -0.795. The highest BCUT2D eigenvalue weighted by atomic mass is 19.1. The highest BCUT2D eigenvalue weighted by Crippen LogP contribution is 2.19. The van der Waals surface area contributed by atoms with Crippen molar-refractivity contribution in [1.82, 2.24) is 5.32 Å². The van der Waals surface area contributed by atoms with E-state index in [4.69, 9.17) is 9.84 Å². The van der Waals surface area contributed by atoms with Gasteiger partial charge in [-0.15, -0.1) is 0 Å². The van der Waals surface area contributed by atoms with Crippen molar-refractivity contribution < 1.29 is 23.8 Å². The molecule has 0 aromatic heterocycles. The Morgan fingerprint density at radius 3 is 2.62 bits per heavy atom. The third kappa shape index (κ3) is 5.81. The molecule has 0 saturated heterocycles. The second-order valence-corrected chi connectivity index (χ2v) is 4.64. The number of carbonyl (C=O) groups excluding carboxylic acids is 1. The zero-order chi connectivity index (χ0) is 15.7. The van der Waals surface area contributed by atoms with Crippen LogP contribution in [0.5, 0.6) is 5.75 Å². The molecule has 0 fully saturated rings. The number of carbonyl (C=O) groups is 2. The van der Waals surface area contributed by atoms with Crippen molar-refractivity contribution in [2.75, 3.05) is 13.7 Å². The van der Waals surface area contributed by atoms with E-state index >= 15 is 0 Å². The first-order valence-electron chi connectivity index (χ1n) is 6.88. The molecule has 6 heteroatoms. The molecule has 2 N–H and O–H groups in total. The van der Waals surface area contributed by atoms with E-state index in [1.807, 2.05) is 0 Å². The number of halogens is 1. The van der Waals surface area contributed by atoms with Gasteiger partial charge in [-0.1, -0.05) is 18.9 Å². The summed E-state index contributed by atoms with van der Waals surface area (Å²) in [6.07, 6.45) is 3.16. The van der Waals surface area contributed by atoms with E-state index in [0.717, 1.165) is 19.3 Å². The summed E-state index contributed by atoms with van der Waals surface area (Å²) < 4.78 is 18.7. The molecule has 0 saturated carbocycles. The summed E-state index contributed by atoms with van der Waals surface area (Å²) in [5.74, 6) is -1.90. The van der Waals surface area contributed by atoms with Crippen molar-refractivity contribution in [3.8, 4) is 5.75 Å². The predicted octanol–water partition coefficient (Wildman–Crippen LogP) is 2.60. The van der Waals surface area contributed by atoms with Crippen molar-refractivity contribution in [3.63, 3.8) is 0 Å². The largest absolute Gasteiger partial charge is 0.494 e. The third-order valence-electron chi connectivity index (χ3n) is 3.03. The van der Waals surface area contributed by atoms with Crippen LogP contribution in [0, 0.1) is 5.82 Å². The standard InChI is InChI=1S/C15H20FNO4/c1-21-12-8-6-7-11(14(12)16)15(20)17-10-5-3-2-4-9-13(18)19/h6-8H,2-5,9-10H2,1H3,(H,17,20)(H,18,19). The topological polar surface area (TPSA) is 75.6 Å². The van der Waals surface area contributed by atoms with Crippen LogP contribution >= 0.6 is 0 Å². The minimum absolute atomic E-state index is 0.0383. The maximum absolute atomic E-state index is 13.8. The molecule has 116 valence electrons. The summed E-state index contributed by atoms with van der Waals surface area (Å²) in [4.78, 5) is 22.1. The normalized spacial score (nSPS) is 10.2. The lowest BCUT2D eigenvalue weighted by Gasteiger charge is -2.08. The van der Waals surface area contributed by atoms with Gasteiger partial charge in [0.05, 0.1) is 12.7 Å². The number of amides is 1. The number of hydrogen-bond donors (Lipinski definition) is 2. The van der Waals surface area contributed by atoms with Crippen molar-refractivity contribution in [2.24, 2.45) is 0 Å². The third-order valence-corrected chi connectivity index (χ3v) is 3.03. The zero-order valence-electron chi connectivity index (χ0n) is 12.0. The van der Waals surface area contributed by atoms with Crippen LogP contribution in [0.25, 0.3) is 0 Å². The van der Waals surface area contributed by atoms with E-state index in [2.05, 4.69) is 5.32 Å². The number of nitrogens with one attached hydrogen (secondary N) is 1. The Bertz CT molecular complexity index is 491. The highest BCUT2D eigenvalue weighted by molar-refractivity contribution is 5.94. The van der Waals surface area contributed by atoms with Crippen LogP contribution in [0.4, 0.5) is 4.39 Å². The number of hydrogen-bond acceptors (Lipinski definition) is 3. The van der Waals surface area contributed by atoms with Crippen LogP contribution in [-0.2, 0) is 4.79 Å². The van der Waals surface area contributed by atoms with Gasteiger partial charge in [0.2, 0.25) is 0 Å². The highest BCUT2D eigenvalue weighted by Gasteiger charge is 2.14. The summed E-state index contributed by atoms with van der Waals surface area (Å²) in [5.41, 5.74) is -0.0415. The number of carboxylic acids is 1. The molecular weight excluding hydrogens is 277 g/mol. The Hall–Kier alpha value is -2.11. The number of benzene rings is 1. The van der Waals surface area contributed by atoms with Crippen molar-refractivity contribution in [1.29, 1.82) is 0 Å². The van der Waals surface area contributed by atoms with Gasteiger partial charge in [-0.05, 0) is 25.0 Å². The van der Waals surface area contributed by atoms with Gasteiger partial charge in [0.1, 0.15) is 0 Å². The number of carboxylic acid groups (broad SMARTS) is 1. The molecule has 0 bridgehead atoms. The Kier molecular flexibility index (Phi) is 7.21. The van der Waals surface area contributed by atoms with Gasteiger partial charge >= 0.3 is 5.97 Å². The average Bonchev–Trinajstić information content (AvgIpc) is 2.46. The quantitative estimate of drug-likeness (QED) is 0.687. The molecule has 1 amide bonds. The molecule has 0 aliphatic rings. The Labute approximate surface area is 123 Å². The van der Waals surface area contributed by atoms with E-state index in [9.17, 15) is 14.0 Å². The fourth-order valence-electron chi connectivity index (χ4n) is 1.90. The number of methoxy groups -OCH3 is 1. The first kappa shape index (κ1) is 16.9. The van der Waals surface area contributed by atoms with Gasteiger partial charge in [-0.2, -0.15) is 0 Å². The molecule has 0 heterocycles. The van der Waals surface area contributed by atoms with Gasteiger partial charge in [-0.25, -0.2) is 4.39 Å². The number of unbranched alkanes of at least 4 members (excludes halogenated alkanes) is 3. The van der Waals surface area contributed by atoms with Gasteiger partial charge in [0.25, 0.3) is 5.91 Å².